The number of carbonyl (C=O) groups is 1. The molecule has 1 rings (SSSR count). The van der Waals surface area contributed by atoms with Crippen LogP contribution >= 0.6 is 0 Å². The van der Waals surface area contributed by atoms with Crippen LogP contribution in [0, 0.1) is 5.92 Å². The highest BCUT2D eigenvalue weighted by molar-refractivity contribution is 5.79. The lowest BCUT2D eigenvalue weighted by Gasteiger charge is -2.30. The van der Waals surface area contributed by atoms with Gasteiger partial charge in [-0.3, -0.25) is 4.79 Å². The fourth-order valence-electron chi connectivity index (χ4n) is 2.16. The Morgan fingerprint density at radius 3 is 2.67 bits per heavy atom. The number of hydrogen-bond acceptors (Lipinski definition) is 2. The predicted octanol–water partition coefficient (Wildman–Crippen LogP) is 1.54. The summed E-state index contributed by atoms with van der Waals surface area (Å²) in [6.45, 7) is 6.70. The molecule has 86 valence electrons. The molecule has 1 amide bonds. The number of carbonyl (C=O) groups excluding carboxylic acids is 1. The molecule has 1 aliphatic carbocycles. The normalized spacial score (nSPS) is 18.8. The third-order valence-corrected chi connectivity index (χ3v) is 3.15. The van der Waals surface area contributed by atoms with Crippen molar-refractivity contribution >= 4 is 5.91 Å². The number of hydrogen-bond donors (Lipinski definition) is 1. The highest BCUT2D eigenvalue weighted by Gasteiger charge is 2.27. The Balaban J connectivity index is 2.62. The Morgan fingerprint density at radius 1 is 1.60 bits per heavy atom. The van der Waals surface area contributed by atoms with Crippen molar-refractivity contribution in [2.45, 2.75) is 38.6 Å². The second-order valence-corrected chi connectivity index (χ2v) is 4.35. The minimum atomic E-state index is -0.0643. The summed E-state index contributed by atoms with van der Waals surface area (Å²) in [7, 11) is 0. The topological polar surface area (TPSA) is 46.3 Å². The van der Waals surface area contributed by atoms with Gasteiger partial charge in [0, 0.05) is 25.0 Å². The van der Waals surface area contributed by atoms with Crippen LogP contribution in [-0.2, 0) is 4.79 Å². The van der Waals surface area contributed by atoms with Crippen molar-refractivity contribution in [3.05, 3.63) is 12.7 Å². The Bertz CT molecular complexity index is 222. The number of nitrogens with zero attached hydrogens (tertiary/aromatic N) is 1. The van der Waals surface area contributed by atoms with Crippen LogP contribution < -0.4 is 5.73 Å². The fraction of sp³-hybridized carbons (Fsp3) is 0.750. The van der Waals surface area contributed by atoms with Gasteiger partial charge in [0.25, 0.3) is 0 Å². The van der Waals surface area contributed by atoms with Gasteiger partial charge in [0.2, 0.25) is 5.91 Å². The van der Waals surface area contributed by atoms with Gasteiger partial charge >= 0.3 is 0 Å². The lowest BCUT2D eigenvalue weighted by molar-refractivity contribution is -0.136. The van der Waals surface area contributed by atoms with Gasteiger partial charge in [-0.15, -0.1) is 6.58 Å². The molecule has 3 nitrogen and oxygen atoms in total. The predicted molar refractivity (Wildman–Crippen MR) is 62.4 cm³/mol. The van der Waals surface area contributed by atoms with Crippen molar-refractivity contribution in [3.8, 4) is 0 Å². The summed E-state index contributed by atoms with van der Waals surface area (Å²) in [4.78, 5) is 14.0. The molecule has 0 radical (unpaired) electrons. The molecule has 1 unspecified atom stereocenters. The zero-order valence-corrected chi connectivity index (χ0v) is 9.61. The van der Waals surface area contributed by atoms with E-state index in [-0.39, 0.29) is 11.8 Å². The van der Waals surface area contributed by atoms with Gasteiger partial charge in [0.15, 0.2) is 0 Å². The van der Waals surface area contributed by atoms with Gasteiger partial charge < -0.3 is 10.6 Å². The number of rotatable bonds is 5. The van der Waals surface area contributed by atoms with Crippen molar-refractivity contribution in [3.63, 3.8) is 0 Å². The van der Waals surface area contributed by atoms with Gasteiger partial charge in [-0.05, 0) is 12.8 Å². The maximum absolute atomic E-state index is 12.0. The standard InChI is InChI=1S/C12H22N2O/c1-3-8-14(11-6-4-5-7-11)12(15)10(2)9-13/h3,10-11H,1,4-9,13H2,2H3. The van der Waals surface area contributed by atoms with Crippen molar-refractivity contribution in [1.82, 2.24) is 4.90 Å². The quantitative estimate of drug-likeness (QED) is 0.700. The highest BCUT2D eigenvalue weighted by Crippen LogP contribution is 2.24. The highest BCUT2D eigenvalue weighted by atomic mass is 16.2. The molecule has 0 aromatic heterocycles. The van der Waals surface area contributed by atoms with Gasteiger partial charge in [-0.2, -0.15) is 0 Å². The van der Waals surface area contributed by atoms with E-state index in [0.717, 1.165) is 12.8 Å². The first-order valence-corrected chi connectivity index (χ1v) is 5.82. The van der Waals surface area contributed by atoms with E-state index >= 15 is 0 Å². The molecular weight excluding hydrogens is 188 g/mol. The van der Waals surface area contributed by atoms with Gasteiger partial charge in [0.1, 0.15) is 0 Å². The van der Waals surface area contributed by atoms with E-state index in [1.165, 1.54) is 12.8 Å². The molecule has 1 saturated carbocycles. The molecule has 0 aliphatic heterocycles. The summed E-state index contributed by atoms with van der Waals surface area (Å²) in [5.74, 6) is 0.120. The maximum atomic E-state index is 12.0. The summed E-state index contributed by atoms with van der Waals surface area (Å²) in [6.07, 6.45) is 6.55. The molecule has 1 aliphatic rings. The molecule has 2 N–H and O–H groups in total. The SMILES string of the molecule is C=CCN(C(=O)C(C)CN)C1CCCC1. The van der Waals surface area contributed by atoms with Crippen molar-refractivity contribution < 1.29 is 4.79 Å². The summed E-state index contributed by atoms with van der Waals surface area (Å²) in [5.41, 5.74) is 5.53. The Kier molecular flexibility index (Phi) is 4.82. The van der Waals surface area contributed by atoms with Crippen LogP contribution in [0.5, 0.6) is 0 Å². The van der Waals surface area contributed by atoms with E-state index in [0.29, 0.717) is 19.1 Å². The second-order valence-electron chi connectivity index (χ2n) is 4.35. The molecule has 0 bridgehead atoms. The molecule has 1 atom stereocenters. The molecule has 15 heavy (non-hydrogen) atoms. The Hall–Kier alpha value is -0.830. The average molecular weight is 210 g/mol. The first kappa shape index (κ1) is 12.2. The van der Waals surface area contributed by atoms with E-state index in [1.54, 1.807) is 6.08 Å². The van der Waals surface area contributed by atoms with Crippen LogP contribution in [0.15, 0.2) is 12.7 Å². The van der Waals surface area contributed by atoms with Crippen LogP contribution in [0.2, 0.25) is 0 Å². The summed E-state index contributed by atoms with van der Waals surface area (Å²) >= 11 is 0. The van der Waals surface area contributed by atoms with E-state index in [9.17, 15) is 4.79 Å². The van der Waals surface area contributed by atoms with E-state index in [4.69, 9.17) is 5.73 Å². The first-order valence-electron chi connectivity index (χ1n) is 5.82. The number of amides is 1. The van der Waals surface area contributed by atoms with Crippen molar-refractivity contribution in [2.75, 3.05) is 13.1 Å². The molecule has 3 heteroatoms. The molecule has 0 aromatic carbocycles. The van der Waals surface area contributed by atoms with Gasteiger partial charge in [-0.25, -0.2) is 0 Å². The first-order chi connectivity index (χ1) is 7.20. The van der Waals surface area contributed by atoms with Crippen LogP contribution in [0.4, 0.5) is 0 Å². The average Bonchev–Trinajstić information content (AvgIpc) is 2.77. The third-order valence-electron chi connectivity index (χ3n) is 3.15. The third kappa shape index (κ3) is 3.06. The van der Waals surface area contributed by atoms with Crippen LogP contribution in [-0.4, -0.2) is 29.9 Å². The van der Waals surface area contributed by atoms with E-state index in [1.807, 2.05) is 11.8 Å². The monoisotopic (exact) mass is 210 g/mol. The van der Waals surface area contributed by atoms with Gasteiger partial charge in [0.05, 0.1) is 0 Å². The molecule has 0 saturated heterocycles. The van der Waals surface area contributed by atoms with Gasteiger partial charge in [-0.1, -0.05) is 25.8 Å². The zero-order chi connectivity index (χ0) is 11.3. The van der Waals surface area contributed by atoms with E-state index in [2.05, 4.69) is 6.58 Å². The minimum absolute atomic E-state index is 0.0643. The summed E-state index contributed by atoms with van der Waals surface area (Å²) in [6, 6.07) is 0.421. The zero-order valence-electron chi connectivity index (χ0n) is 9.61. The molecular formula is C12H22N2O. The fourth-order valence-corrected chi connectivity index (χ4v) is 2.16. The van der Waals surface area contributed by atoms with E-state index < -0.39 is 0 Å². The van der Waals surface area contributed by atoms with Crippen LogP contribution in [0.25, 0.3) is 0 Å². The molecule has 1 fully saturated rings. The second kappa shape index (κ2) is 5.91. The minimum Gasteiger partial charge on any atom is -0.336 e. The lowest BCUT2D eigenvalue weighted by Crippen LogP contribution is -2.43. The van der Waals surface area contributed by atoms with Crippen molar-refractivity contribution in [2.24, 2.45) is 11.7 Å². The lowest BCUT2D eigenvalue weighted by atomic mass is 10.1. The maximum Gasteiger partial charge on any atom is 0.227 e. The van der Waals surface area contributed by atoms with Crippen LogP contribution in [0.3, 0.4) is 0 Å². The molecule has 0 heterocycles. The molecule has 0 aromatic rings. The number of nitrogens with two attached hydrogens (primary N) is 1. The molecule has 0 spiro atoms. The summed E-state index contributed by atoms with van der Waals surface area (Å²) in [5, 5.41) is 0. The van der Waals surface area contributed by atoms with Crippen LogP contribution in [0.1, 0.15) is 32.6 Å². The Labute approximate surface area is 92.3 Å². The van der Waals surface area contributed by atoms with Crippen molar-refractivity contribution in [1.29, 1.82) is 0 Å². The smallest absolute Gasteiger partial charge is 0.227 e. The summed E-state index contributed by atoms with van der Waals surface area (Å²) < 4.78 is 0. The Morgan fingerprint density at radius 2 is 2.20 bits per heavy atom. The largest absolute Gasteiger partial charge is 0.336 e.